The Balaban J connectivity index is 1.88. The zero-order chi connectivity index (χ0) is 11.6. The van der Waals surface area contributed by atoms with Crippen molar-refractivity contribution in [1.29, 1.82) is 0 Å². The Morgan fingerprint density at radius 1 is 1.31 bits per heavy atom. The molecule has 1 heterocycles. The van der Waals surface area contributed by atoms with Crippen LogP contribution in [0.3, 0.4) is 0 Å². The van der Waals surface area contributed by atoms with Crippen LogP contribution in [0.2, 0.25) is 0 Å². The molecule has 2 fully saturated rings. The molecule has 0 aromatic heterocycles. The Bertz CT molecular complexity index is 217. The second kappa shape index (κ2) is 5.03. The van der Waals surface area contributed by atoms with Gasteiger partial charge in [-0.2, -0.15) is 0 Å². The SMILES string of the molecule is CC(C)(C(CCC1CC1)NN)N1CCCC1. The molecule has 2 rings (SSSR count). The summed E-state index contributed by atoms with van der Waals surface area (Å²) in [6.07, 6.45) is 8.17. The molecular weight excluding hydrogens is 198 g/mol. The van der Waals surface area contributed by atoms with Crippen molar-refractivity contribution in [2.75, 3.05) is 13.1 Å². The molecule has 3 heteroatoms. The Morgan fingerprint density at radius 2 is 1.94 bits per heavy atom. The van der Waals surface area contributed by atoms with Gasteiger partial charge in [0.05, 0.1) is 0 Å². The number of nitrogens with zero attached hydrogens (tertiary/aromatic N) is 1. The Labute approximate surface area is 99.7 Å². The maximum Gasteiger partial charge on any atom is 0.0389 e. The molecule has 0 bridgehead atoms. The lowest BCUT2D eigenvalue weighted by Gasteiger charge is -2.42. The van der Waals surface area contributed by atoms with E-state index >= 15 is 0 Å². The van der Waals surface area contributed by atoms with E-state index in [1.807, 2.05) is 0 Å². The maximum atomic E-state index is 5.76. The number of nitrogens with two attached hydrogens (primary N) is 1. The minimum absolute atomic E-state index is 0.208. The minimum atomic E-state index is 0.208. The summed E-state index contributed by atoms with van der Waals surface area (Å²) in [6, 6.07) is 0.436. The first kappa shape index (κ1) is 12.3. The van der Waals surface area contributed by atoms with Crippen molar-refractivity contribution in [2.45, 2.75) is 64.0 Å². The molecular formula is C13H27N3. The molecule has 2 aliphatic rings. The fraction of sp³-hybridized carbons (Fsp3) is 1.00. The second-order valence-electron chi connectivity index (χ2n) is 6.09. The maximum absolute atomic E-state index is 5.76. The average Bonchev–Trinajstić information content (AvgIpc) is 2.91. The highest BCUT2D eigenvalue weighted by atomic mass is 15.3. The normalized spacial score (nSPS) is 24.9. The number of nitrogens with one attached hydrogen (secondary N) is 1. The first-order valence-corrected chi connectivity index (χ1v) is 6.86. The molecule has 3 nitrogen and oxygen atoms in total. The summed E-state index contributed by atoms with van der Waals surface area (Å²) in [5, 5.41) is 0. The minimum Gasteiger partial charge on any atom is -0.297 e. The second-order valence-corrected chi connectivity index (χ2v) is 6.09. The van der Waals surface area contributed by atoms with Crippen LogP contribution < -0.4 is 11.3 Å². The van der Waals surface area contributed by atoms with Crippen LogP contribution in [-0.2, 0) is 0 Å². The lowest BCUT2D eigenvalue weighted by Crippen LogP contribution is -2.58. The molecule has 1 aliphatic heterocycles. The molecule has 1 saturated heterocycles. The summed E-state index contributed by atoms with van der Waals surface area (Å²) in [6.45, 7) is 7.18. The standard InChI is InChI=1S/C13H27N3/c1-13(2,16-9-3-4-10-16)12(15-14)8-7-11-5-6-11/h11-12,15H,3-10,14H2,1-2H3. The van der Waals surface area contributed by atoms with Crippen LogP contribution in [0.25, 0.3) is 0 Å². The van der Waals surface area contributed by atoms with Crippen LogP contribution in [0.1, 0.15) is 52.4 Å². The highest BCUT2D eigenvalue weighted by molar-refractivity contribution is 4.95. The molecule has 16 heavy (non-hydrogen) atoms. The smallest absolute Gasteiger partial charge is 0.0389 e. The Hall–Kier alpha value is -0.120. The van der Waals surface area contributed by atoms with Crippen molar-refractivity contribution in [1.82, 2.24) is 10.3 Å². The predicted octanol–water partition coefficient (Wildman–Crippen LogP) is 1.88. The summed E-state index contributed by atoms with van der Waals surface area (Å²) in [5.41, 5.74) is 3.27. The highest BCUT2D eigenvalue weighted by Crippen LogP contribution is 2.35. The number of hydrogen-bond acceptors (Lipinski definition) is 3. The van der Waals surface area contributed by atoms with E-state index in [2.05, 4.69) is 24.2 Å². The molecule has 0 amide bonds. The van der Waals surface area contributed by atoms with Crippen LogP contribution in [0.5, 0.6) is 0 Å². The van der Waals surface area contributed by atoms with Gasteiger partial charge in [0.1, 0.15) is 0 Å². The largest absolute Gasteiger partial charge is 0.297 e. The van der Waals surface area contributed by atoms with E-state index in [1.54, 1.807) is 0 Å². The van der Waals surface area contributed by atoms with E-state index in [0.717, 1.165) is 5.92 Å². The van der Waals surface area contributed by atoms with Crippen molar-refractivity contribution in [3.05, 3.63) is 0 Å². The lowest BCUT2D eigenvalue weighted by molar-refractivity contribution is 0.101. The zero-order valence-electron chi connectivity index (χ0n) is 10.8. The summed E-state index contributed by atoms with van der Waals surface area (Å²) in [4.78, 5) is 2.60. The Morgan fingerprint density at radius 3 is 2.44 bits per heavy atom. The monoisotopic (exact) mass is 225 g/mol. The van der Waals surface area contributed by atoms with Gasteiger partial charge >= 0.3 is 0 Å². The van der Waals surface area contributed by atoms with Crippen LogP contribution in [-0.4, -0.2) is 29.6 Å². The Kier molecular flexibility index (Phi) is 3.88. The molecule has 0 aromatic carbocycles. The van der Waals surface area contributed by atoms with Gasteiger partial charge < -0.3 is 0 Å². The van der Waals surface area contributed by atoms with Crippen LogP contribution in [0.4, 0.5) is 0 Å². The fourth-order valence-corrected chi connectivity index (χ4v) is 2.96. The van der Waals surface area contributed by atoms with E-state index < -0.39 is 0 Å². The summed E-state index contributed by atoms with van der Waals surface area (Å²) < 4.78 is 0. The number of hydrazine groups is 1. The van der Waals surface area contributed by atoms with Gasteiger partial charge in [0.2, 0.25) is 0 Å². The third-order valence-electron chi connectivity index (χ3n) is 4.54. The van der Waals surface area contributed by atoms with Crippen molar-refractivity contribution < 1.29 is 0 Å². The predicted molar refractivity (Wildman–Crippen MR) is 68.0 cm³/mol. The molecule has 0 spiro atoms. The average molecular weight is 225 g/mol. The molecule has 94 valence electrons. The zero-order valence-corrected chi connectivity index (χ0v) is 10.8. The van der Waals surface area contributed by atoms with Gasteiger partial charge in [0.15, 0.2) is 0 Å². The third-order valence-corrected chi connectivity index (χ3v) is 4.54. The van der Waals surface area contributed by atoms with Gasteiger partial charge in [-0.15, -0.1) is 0 Å². The number of hydrogen-bond donors (Lipinski definition) is 2. The van der Waals surface area contributed by atoms with E-state index in [4.69, 9.17) is 5.84 Å². The number of rotatable bonds is 6. The first-order chi connectivity index (χ1) is 7.64. The highest BCUT2D eigenvalue weighted by Gasteiger charge is 2.36. The van der Waals surface area contributed by atoms with Crippen LogP contribution in [0.15, 0.2) is 0 Å². The van der Waals surface area contributed by atoms with Gasteiger partial charge in [-0.1, -0.05) is 12.8 Å². The molecule has 1 saturated carbocycles. The van der Waals surface area contributed by atoms with Gasteiger partial charge in [0.25, 0.3) is 0 Å². The van der Waals surface area contributed by atoms with Crippen molar-refractivity contribution in [2.24, 2.45) is 11.8 Å². The van der Waals surface area contributed by atoms with Gasteiger partial charge in [-0.25, -0.2) is 0 Å². The van der Waals surface area contributed by atoms with Gasteiger partial charge in [-0.3, -0.25) is 16.2 Å². The molecule has 3 N–H and O–H groups in total. The van der Waals surface area contributed by atoms with Crippen molar-refractivity contribution >= 4 is 0 Å². The van der Waals surface area contributed by atoms with Gasteiger partial charge in [0, 0.05) is 11.6 Å². The molecule has 1 atom stereocenters. The first-order valence-electron chi connectivity index (χ1n) is 6.86. The van der Waals surface area contributed by atoms with Crippen molar-refractivity contribution in [3.63, 3.8) is 0 Å². The topological polar surface area (TPSA) is 41.3 Å². The molecule has 0 aromatic rings. The third kappa shape index (κ3) is 2.76. The summed E-state index contributed by atoms with van der Waals surface area (Å²) in [7, 11) is 0. The van der Waals surface area contributed by atoms with E-state index in [-0.39, 0.29) is 5.54 Å². The summed E-state index contributed by atoms with van der Waals surface area (Å²) >= 11 is 0. The lowest BCUT2D eigenvalue weighted by atomic mass is 9.89. The summed E-state index contributed by atoms with van der Waals surface area (Å²) in [5.74, 6) is 6.76. The fourth-order valence-electron chi connectivity index (χ4n) is 2.96. The van der Waals surface area contributed by atoms with Crippen molar-refractivity contribution in [3.8, 4) is 0 Å². The number of likely N-dealkylation sites (tertiary alicyclic amines) is 1. The van der Waals surface area contributed by atoms with Crippen LogP contribution in [0, 0.1) is 5.92 Å². The van der Waals surface area contributed by atoms with E-state index in [0.29, 0.717) is 6.04 Å². The molecule has 1 aliphatic carbocycles. The van der Waals surface area contributed by atoms with Gasteiger partial charge in [-0.05, 0) is 58.5 Å². The van der Waals surface area contributed by atoms with E-state index in [9.17, 15) is 0 Å². The van der Waals surface area contributed by atoms with Crippen LogP contribution >= 0.6 is 0 Å². The van der Waals surface area contributed by atoms with E-state index in [1.165, 1.54) is 51.6 Å². The molecule has 0 radical (unpaired) electrons. The quantitative estimate of drug-likeness (QED) is 0.536. The molecule has 1 unspecified atom stereocenters.